The van der Waals surface area contributed by atoms with Crippen molar-refractivity contribution in [3.63, 3.8) is 0 Å². The van der Waals surface area contributed by atoms with Gasteiger partial charge in [0.25, 0.3) is 0 Å². The first kappa shape index (κ1) is 11.0. The molecule has 3 rings (SSSR count). The summed E-state index contributed by atoms with van der Waals surface area (Å²) in [6.45, 7) is 4.69. The van der Waals surface area contributed by atoms with Crippen molar-refractivity contribution in [3.05, 3.63) is 0 Å². The second-order valence-corrected chi connectivity index (χ2v) is 5.68. The molecular weight excluding hydrogens is 202 g/mol. The van der Waals surface area contributed by atoms with Crippen LogP contribution in [0.5, 0.6) is 0 Å². The predicted octanol–water partition coefficient (Wildman–Crippen LogP) is 0.741. The maximum Gasteiger partial charge on any atom is 0.169 e. The average Bonchev–Trinajstić information content (AvgIpc) is 2.92. The van der Waals surface area contributed by atoms with E-state index in [0.717, 1.165) is 19.4 Å². The Bertz CT molecular complexity index is 232. The van der Waals surface area contributed by atoms with E-state index < -0.39 is 0 Å². The summed E-state index contributed by atoms with van der Waals surface area (Å²) in [4.78, 5) is 1.73. The van der Waals surface area contributed by atoms with Crippen molar-refractivity contribution in [2.24, 2.45) is 0 Å². The van der Waals surface area contributed by atoms with Gasteiger partial charge in [-0.25, -0.2) is 0 Å². The normalized spacial score (nSPS) is 34.9. The number of rotatable bonds is 2. The molecule has 1 atom stereocenters. The molecule has 1 unspecified atom stereocenters. The summed E-state index contributed by atoms with van der Waals surface area (Å²) >= 11 is 0. The SMILES string of the molecule is C1CC[NH+](CC2COC3(CCCC3)O2)CC1. The zero-order chi connectivity index (χ0) is 10.8. The Labute approximate surface area is 98.1 Å². The molecular formula is C13H24NO2+. The fourth-order valence-corrected chi connectivity index (χ4v) is 3.47. The number of quaternary nitrogens is 1. The quantitative estimate of drug-likeness (QED) is 0.750. The molecule has 1 spiro atoms. The Kier molecular flexibility index (Phi) is 3.18. The molecule has 2 saturated heterocycles. The number of likely N-dealkylation sites (tertiary alicyclic amines) is 1. The summed E-state index contributed by atoms with van der Waals surface area (Å²) in [6, 6.07) is 0. The molecule has 0 amide bonds. The zero-order valence-corrected chi connectivity index (χ0v) is 10.2. The van der Waals surface area contributed by atoms with Gasteiger partial charge in [-0.2, -0.15) is 0 Å². The van der Waals surface area contributed by atoms with Crippen LogP contribution in [0, 0.1) is 0 Å². The minimum Gasteiger partial charge on any atom is -0.347 e. The summed E-state index contributed by atoms with van der Waals surface area (Å²) in [5.74, 6) is -0.153. The van der Waals surface area contributed by atoms with E-state index in [-0.39, 0.29) is 5.79 Å². The lowest BCUT2D eigenvalue weighted by Gasteiger charge is -2.26. The average molecular weight is 226 g/mol. The second-order valence-electron chi connectivity index (χ2n) is 5.68. The van der Waals surface area contributed by atoms with Gasteiger partial charge in [0, 0.05) is 12.8 Å². The smallest absolute Gasteiger partial charge is 0.169 e. The number of ether oxygens (including phenoxy) is 2. The topological polar surface area (TPSA) is 22.9 Å². The minimum absolute atomic E-state index is 0.153. The van der Waals surface area contributed by atoms with Gasteiger partial charge in [0.1, 0.15) is 12.6 Å². The van der Waals surface area contributed by atoms with E-state index >= 15 is 0 Å². The third-order valence-corrected chi connectivity index (χ3v) is 4.36. The van der Waals surface area contributed by atoms with Crippen LogP contribution in [0.2, 0.25) is 0 Å². The van der Waals surface area contributed by atoms with E-state index in [2.05, 4.69) is 0 Å². The Morgan fingerprint density at radius 2 is 1.75 bits per heavy atom. The van der Waals surface area contributed by atoms with Crippen LogP contribution in [0.4, 0.5) is 0 Å². The lowest BCUT2D eigenvalue weighted by molar-refractivity contribution is -0.907. The lowest BCUT2D eigenvalue weighted by Crippen LogP contribution is -3.13. The third-order valence-electron chi connectivity index (χ3n) is 4.36. The Balaban J connectivity index is 1.49. The molecule has 16 heavy (non-hydrogen) atoms. The molecule has 1 N–H and O–H groups in total. The van der Waals surface area contributed by atoms with Crippen molar-refractivity contribution in [2.75, 3.05) is 26.2 Å². The van der Waals surface area contributed by atoms with Gasteiger partial charge in [0.05, 0.1) is 19.7 Å². The van der Waals surface area contributed by atoms with E-state index in [1.165, 1.54) is 51.7 Å². The number of nitrogens with one attached hydrogen (secondary N) is 1. The summed E-state index contributed by atoms with van der Waals surface area (Å²) in [6.07, 6.45) is 9.40. The minimum atomic E-state index is -0.153. The van der Waals surface area contributed by atoms with E-state index in [9.17, 15) is 0 Å². The molecule has 0 aromatic heterocycles. The molecule has 0 aromatic rings. The predicted molar refractivity (Wildman–Crippen MR) is 61.4 cm³/mol. The van der Waals surface area contributed by atoms with E-state index in [1.807, 2.05) is 0 Å². The second kappa shape index (κ2) is 4.63. The first-order valence-electron chi connectivity index (χ1n) is 7.02. The fraction of sp³-hybridized carbons (Fsp3) is 1.00. The van der Waals surface area contributed by atoms with Gasteiger partial charge in [-0.05, 0) is 32.1 Å². The zero-order valence-electron chi connectivity index (χ0n) is 10.2. The van der Waals surface area contributed by atoms with Crippen LogP contribution < -0.4 is 4.90 Å². The Hall–Kier alpha value is -0.120. The van der Waals surface area contributed by atoms with Crippen molar-refractivity contribution in [1.82, 2.24) is 0 Å². The van der Waals surface area contributed by atoms with Crippen LogP contribution >= 0.6 is 0 Å². The molecule has 1 saturated carbocycles. The Morgan fingerprint density at radius 1 is 1.00 bits per heavy atom. The van der Waals surface area contributed by atoms with E-state index in [1.54, 1.807) is 4.90 Å². The van der Waals surface area contributed by atoms with Crippen molar-refractivity contribution in [3.8, 4) is 0 Å². The summed E-state index contributed by atoms with van der Waals surface area (Å²) < 4.78 is 12.1. The number of piperidine rings is 1. The third kappa shape index (κ3) is 2.27. The molecule has 2 heterocycles. The van der Waals surface area contributed by atoms with Crippen molar-refractivity contribution < 1.29 is 14.4 Å². The highest BCUT2D eigenvalue weighted by molar-refractivity contribution is 4.83. The van der Waals surface area contributed by atoms with Gasteiger partial charge in [0.2, 0.25) is 0 Å². The standard InChI is InChI=1S/C13H23NO2/c1-4-8-14(9-5-1)10-12-11-15-13(16-12)6-2-3-7-13/h12H,1-11H2/p+1. The van der Waals surface area contributed by atoms with Crippen molar-refractivity contribution in [1.29, 1.82) is 0 Å². The van der Waals surface area contributed by atoms with Crippen LogP contribution in [0.3, 0.4) is 0 Å². The van der Waals surface area contributed by atoms with Gasteiger partial charge in [-0.15, -0.1) is 0 Å². The lowest BCUT2D eigenvalue weighted by atomic mass is 10.1. The van der Waals surface area contributed by atoms with Gasteiger partial charge in [-0.3, -0.25) is 0 Å². The molecule has 1 aliphatic carbocycles. The van der Waals surface area contributed by atoms with Gasteiger partial charge in [-0.1, -0.05) is 0 Å². The van der Waals surface area contributed by atoms with Crippen molar-refractivity contribution >= 4 is 0 Å². The maximum atomic E-state index is 6.17. The summed E-state index contributed by atoms with van der Waals surface area (Å²) in [5.41, 5.74) is 0. The van der Waals surface area contributed by atoms with Crippen LogP contribution in [-0.4, -0.2) is 38.1 Å². The van der Waals surface area contributed by atoms with Crippen LogP contribution in [-0.2, 0) is 9.47 Å². The number of hydrogen-bond donors (Lipinski definition) is 1. The molecule has 2 aliphatic heterocycles. The molecule has 3 aliphatic rings. The first-order chi connectivity index (χ1) is 7.86. The number of hydrogen-bond acceptors (Lipinski definition) is 2. The van der Waals surface area contributed by atoms with Crippen LogP contribution in [0.15, 0.2) is 0 Å². The largest absolute Gasteiger partial charge is 0.347 e. The summed E-state index contributed by atoms with van der Waals surface area (Å²) in [5, 5.41) is 0. The highest BCUT2D eigenvalue weighted by atomic mass is 16.7. The summed E-state index contributed by atoms with van der Waals surface area (Å²) in [7, 11) is 0. The molecule has 3 heteroatoms. The van der Waals surface area contributed by atoms with Crippen LogP contribution in [0.1, 0.15) is 44.9 Å². The molecule has 3 nitrogen and oxygen atoms in total. The van der Waals surface area contributed by atoms with Crippen molar-refractivity contribution in [2.45, 2.75) is 56.8 Å². The highest BCUT2D eigenvalue weighted by Gasteiger charge is 2.44. The van der Waals surface area contributed by atoms with Gasteiger partial charge in [0.15, 0.2) is 5.79 Å². The molecule has 0 aromatic carbocycles. The molecule has 0 radical (unpaired) electrons. The first-order valence-corrected chi connectivity index (χ1v) is 7.02. The monoisotopic (exact) mass is 226 g/mol. The van der Waals surface area contributed by atoms with E-state index in [0.29, 0.717) is 6.10 Å². The highest BCUT2D eigenvalue weighted by Crippen LogP contribution is 2.38. The molecule has 0 bridgehead atoms. The maximum absolute atomic E-state index is 6.17. The van der Waals surface area contributed by atoms with E-state index in [4.69, 9.17) is 9.47 Å². The molecule has 92 valence electrons. The van der Waals surface area contributed by atoms with Crippen LogP contribution in [0.25, 0.3) is 0 Å². The van der Waals surface area contributed by atoms with Gasteiger partial charge < -0.3 is 14.4 Å². The van der Waals surface area contributed by atoms with Gasteiger partial charge >= 0.3 is 0 Å². The fourth-order valence-electron chi connectivity index (χ4n) is 3.47. The molecule has 3 fully saturated rings. The Morgan fingerprint density at radius 3 is 2.50 bits per heavy atom.